The predicted octanol–water partition coefficient (Wildman–Crippen LogP) is 3.42. The Morgan fingerprint density at radius 3 is 2.56 bits per heavy atom. The Labute approximate surface area is 110 Å². The molecule has 0 bridgehead atoms. The van der Waals surface area contributed by atoms with Gasteiger partial charge in [0.2, 0.25) is 0 Å². The van der Waals surface area contributed by atoms with E-state index in [0.717, 1.165) is 13.0 Å². The Morgan fingerprint density at radius 2 is 1.89 bits per heavy atom. The Morgan fingerprint density at radius 1 is 1.17 bits per heavy atom. The minimum absolute atomic E-state index is 0.00657. The molecule has 2 atom stereocenters. The van der Waals surface area contributed by atoms with Crippen LogP contribution in [0.4, 0.5) is 0 Å². The number of nitrogens with one attached hydrogen (secondary N) is 1. The highest BCUT2D eigenvalue weighted by molar-refractivity contribution is 5.35. The van der Waals surface area contributed by atoms with Crippen LogP contribution in [0.1, 0.15) is 51.3 Å². The summed E-state index contributed by atoms with van der Waals surface area (Å²) in [6.07, 6.45) is 1.12. The lowest BCUT2D eigenvalue weighted by Gasteiger charge is -2.31. The van der Waals surface area contributed by atoms with E-state index in [0.29, 0.717) is 12.0 Å². The van der Waals surface area contributed by atoms with Crippen LogP contribution in [0, 0.1) is 5.92 Å². The Kier molecular flexibility index (Phi) is 2.58. The van der Waals surface area contributed by atoms with Gasteiger partial charge in [0.15, 0.2) is 0 Å². The van der Waals surface area contributed by atoms with Crippen LogP contribution >= 0.6 is 0 Å². The molecule has 2 aliphatic rings. The summed E-state index contributed by atoms with van der Waals surface area (Å²) < 4.78 is 6.24. The largest absolute Gasteiger partial charge is 0.369 e. The summed E-state index contributed by atoms with van der Waals surface area (Å²) in [5.41, 5.74) is 2.85. The zero-order valence-electron chi connectivity index (χ0n) is 11.8. The predicted molar refractivity (Wildman–Crippen MR) is 73.4 cm³/mol. The highest BCUT2D eigenvalue weighted by Crippen LogP contribution is 2.49. The van der Waals surface area contributed by atoms with E-state index in [1.54, 1.807) is 0 Å². The smallest absolute Gasteiger partial charge is 0.0681 e. The number of ether oxygens (including phenoxy) is 1. The maximum atomic E-state index is 6.24. The van der Waals surface area contributed by atoms with Gasteiger partial charge in [-0.1, -0.05) is 24.3 Å². The van der Waals surface area contributed by atoms with Crippen LogP contribution in [0.25, 0.3) is 0 Å². The van der Waals surface area contributed by atoms with Crippen LogP contribution in [0.15, 0.2) is 24.3 Å². The van der Waals surface area contributed by atoms with E-state index in [1.807, 2.05) is 0 Å². The number of rotatable bonds is 1. The summed E-state index contributed by atoms with van der Waals surface area (Å²) in [6.45, 7) is 9.86. The summed E-state index contributed by atoms with van der Waals surface area (Å²) in [6, 6.07) is 9.21. The van der Waals surface area contributed by atoms with Gasteiger partial charge in [-0.2, -0.15) is 0 Å². The van der Waals surface area contributed by atoms with E-state index >= 15 is 0 Å². The van der Waals surface area contributed by atoms with Gasteiger partial charge in [-0.3, -0.25) is 0 Å². The maximum absolute atomic E-state index is 6.24. The fourth-order valence-corrected chi connectivity index (χ4v) is 3.81. The van der Waals surface area contributed by atoms with Crippen molar-refractivity contribution in [2.75, 3.05) is 0 Å². The summed E-state index contributed by atoms with van der Waals surface area (Å²) in [5.74, 6) is 0.538. The second-order valence-electron chi connectivity index (χ2n) is 6.83. The summed E-state index contributed by atoms with van der Waals surface area (Å²) in [5, 5.41) is 3.68. The average molecular weight is 245 g/mol. The Bertz CT molecular complexity index is 464. The average Bonchev–Trinajstić information content (AvgIpc) is 2.76. The third-order valence-electron chi connectivity index (χ3n) is 4.45. The third-order valence-corrected chi connectivity index (χ3v) is 4.45. The summed E-state index contributed by atoms with van der Waals surface area (Å²) >= 11 is 0. The highest BCUT2D eigenvalue weighted by atomic mass is 16.5. The lowest BCUT2D eigenvalue weighted by molar-refractivity contribution is -0.0775. The lowest BCUT2D eigenvalue weighted by Crippen LogP contribution is -2.35. The van der Waals surface area contributed by atoms with Crippen LogP contribution in [-0.2, 0) is 11.3 Å². The van der Waals surface area contributed by atoms with Crippen molar-refractivity contribution < 1.29 is 4.74 Å². The van der Waals surface area contributed by atoms with Crippen molar-refractivity contribution in [3.05, 3.63) is 35.4 Å². The quantitative estimate of drug-likeness (QED) is 0.818. The van der Waals surface area contributed by atoms with Crippen LogP contribution < -0.4 is 5.32 Å². The van der Waals surface area contributed by atoms with Crippen molar-refractivity contribution in [1.82, 2.24) is 5.32 Å². The molecule has 1 saturated heterocycles. The zero-order chi connectivity index (χ0) is 13.0. The molecule has 3 rings (SSSR count). The standard InChI is InChI=1S/C16H23NO/c1-15(2)9-13(16(3,4)18-15)14-12-8-6-5-7-11(12)10-17-14/h5-8,13-14,17H,9-10H2,1-4H3. The van der Waals surface area contributed by atoms with Gasteiger partial charge < -0.3 is 10.1 Å². The molecule has 0 amide bonds. The maximum Gasteiger partial charge on any atom is 0.0681 e. The molecule has 1 N–H and O–H groups in total. The normalized spacial score (nSPS) is 32.4. The van der Waals surface area contributed by atoms with Gasteiger partial charge >= 0.3 is 0 Å². The number of fused-ring (bicyclic) bond motifs is 1. The molecule has 98 valence electrons. The third kappa shape index (κ3) is 1.88. The van der Waals surface area contributed by atoms with Gasteiger partial charge in [-0.25, -0.2) is 0 Å². The van der Waals surface area contributed by atoms with E-state index in [-0.39, 0.29) is 11.2 Å². The first-order valence-electron chi connectivity index (χ1n) is 6.90. The number of hydrogen-bond donors (Lipinski definition) is 1. The van der Waals surface area contributed by atoms with Crippen molar-refractivity contribution in [3.8, 4) is 0 Å². The molecule has 2 nitrogen and oxygen atoms in total. The first-order chi connectivity index (χ1) is 8.39. The minimum atomic E-state index is -0.0569. The van der Waals surface area contributed by atoms with E-state index < -0.39 is 0 Å². The van der Waals surface area contributed by atoms with Gasteiger partial charge in [0.05, 0.1) is 11.2 Å². The SMILES string of the molecule is CC1(C)CC(C2NCc3ccccc32)C(C)(C)O1. The van der Waals surface area contributed by atoms with Crippen LogP contribution in [-0.4, -0.2) is 11.2 Å². The molecule has 0 aliphatic carbocycles. The van der Waals surface area contributed by atoms with Gasteiger partial charge in [0, 0.05) is 18.5 Å². The zero-order valence-corrected chi connectivity index (χ0v) is 11.8. The van der Waals surface area contributed by atoms with Crippen LogP contribution in [0.5, 0.6) is 0 Å². The Balaban J connectivity index is 1.93. The second kappa shape index (κ2) is 3.82. The first-order valence-corrected chi connectivity index (χ1v) is 6.90. The summed E-state index contributed by atoms with van der Waals surface area (Å²) in [7, 11) is 0. The van der Waals surface area contributed by atoms with Gasteiger partial charge in [-0.05, 0) is 45.2 Å². The minimum Gasteiger partial charge on any atom is -0.369 e. The molecule has 0 spiro atoms. The molecule has 1 fully saturated rings. The van der Waals surface area contributed by atoms with E-state index in [9.17, 15) is 0 Å². The molecular weight excluding hydrogens is 222 g/mol. The monoisotopic (exact) mass is 245 g/mol. The van der Waals surface area contributed by atoms with E-state index in [1.165, 1.54) is 11.1 Å². The molecule has 1 aromatic carbocycles. The molecule has 2 aliphatic heterocycles. The van der Waals surface area contributed by atoms with Crippen LogP contribution in [0.2, 0.25) is 0 Å². The van der Waals surface area contributed by atoms with E-state index in [2.05, 4.69) is 57.3 Å². The number of hydrogen-bond acceptors (Lipinski definition) is 2. The molecule has 0 radical (unpaired) electrons. The first kappa shape index (κ1) is 12.2. The van der Waals surface area contributed by atoms with Gasteiger partial charge in [0.1, 0.15) is 0 Å². The van der Waals surface area contributed by atoms with Crippen molar-refractivity contribution >= 4 is 0 Å². The van der Waals surface area contributed by atoms with Gasteiger partial charge in [-0.15, -0.1) is 0 Å². The topological polar surface area (TPSA) is 21.3 Å². The molecule has 0 aromatic heterocycles. The van der Waals surface area contributed by atoms with Crippen molar-refractivity contribution in [2.45, 2.75) is 57.9 Å². The van der Waals surface area contributed by atoms with Crippen LogP contribution in [0.3, 0.4) is 0 Å². The van der Waals surface area contributed by atoms with E-state index in [4.69, 9.17) is 4.74 Å². The Hall–Kier alpha value is -0.860. The molecule has 2 heteroatoms. The van der Waals surface area contributed by atoms with Crippen molar-refractivity contribution in [3.63, 3.8) is 0 Å². The van der Waals surface area contributed by atoms with Crippen molar-refractivity contribution in [1.29, 1.82) is 0 Å². The molecule has 2 heterocycles. The summed E-state index contributed by atoms with van der Waals surface area (Å²) in [4.78, 5) is 0. The lowest BCUT2D eigenvalue weighted by atomic mass is 9.79. The molecule has 0 saturated carbocycles. The molecule has 2 unspecified atom stereocenters. The highest BCUT2D eigenvalue weighted by Gasteiger charge is 2.50. The van der Waals surface area contributed by atoms with Gasteiger partial charge in [0.25, 0.3) is 0 Å². The molecular formula is C16H23NO. The molecule has 1 aromatic rings. The van der Waals surface area contributed by atoms with Crippen molar-refractivity contribution in [2.24, 2.45) is 5.92 Å². The fraction of sp³-hybridized carbons (Fsp3) is 0.625. The molecule has 18 heavy (non-hydrogen) atoms. The second-order valence-corrected chi connectivity index (χ2v) is 6.83. The fourth-order valence-electron chi connectivity index (χ4n) is 3.81. The number of benzene rings is 1.